The molecule has 1 aromatic carbocycles. The Labute approximate surface area is 124 Å². The number of carbonyl (C=O) groups excluding carboxylic acids is 1. The number of amides is 1. The first-order chi connectivity index (χ1) is 10.2. The smallest absolute Gasteiger partial charge is 0.256 e. The summed E-state index contributed by atoms with van der Waals surface area (Å²) in [7, 11) is 0. The zero-order valence-electron chi connectivity index (χ0n) is 12.2. The first-order valence-corrected chi connectivity index (χ1v) is 7.34. The molecule has 1 aliphatic carbocycles. The van der Waals surface area contributed by atoms with Crippen molar-refractivity contribution in [1.82, 2.24) is 4.90 Å². The minimum atomic E-state index is -0.537. The van der Waals surface area contributed by atoms with Gasteiger partial charge in [-0.05, 0) is 43.9 Å². The third kappa shape index (κ3) is 4.30. The van der Waals surface area contributed by atoms with E-state index in [9.17, 15) is 9.18 Å². The van der Waals surface area contributed by atoms with Gasteiger partial charge in [-0.15, -0.1) is 0 Å². The van der Waals surface area contributed by atoms with Gasteiger partial charge in [0.1, 0.15) is 5.82 Å². The van der Waals surface area contributed by atoms with Crippen molar-refractivity contribution in [3.8, 4) is 11.8 Å². The zero-order valence-corrected chi connectivity index (χ0v) is 12.2. The number of benzene rings is 1. The molecule has 112 valence electrons. The molecule has 2 rings (SSSR count). The Morgan fingerprint density at radius 2 is 2.24 bits per heavy atom. The van der Waals surface area contributed by atoms with Crippen molar-refractivity contribution in [1.29, 1.82) is 0 Å². The van der Waals surface area contributed by atoms with Crippen molar-refractivity contribution in [3.05, 3.63) is 35.1 Å². The summed E-state index contributed by atoms with van der Waals surface area (Å²) in [5, 5.41) is 8.65. The van der Waals surface area contributed by atoms with Crippen LogP contribution in [0.2, 0.25) is 0 Å². The summed E-state index contributed by atoms with van der Waals surface area (Å²) >= 11 is 0. The van der Waals surface area contributed by atoms with Gasteiger partial charge in [-0.1, -0.05) is 11.8 Å². The predicted molar refractivity (Wildman–Crippen MR) is 79.3 cm³/mol. The lowest BCUT2D eigenvalue weighted by Crippen LogP contribution is -2.33. The van der Waals surface area contributed by atoms with E-state index in [-0.39, 0.29) is 18.1 Å². The van der Waals surface area contributed by atoms with Crippen LogP contribution in [0.25, 0.3) is 0 Å². The number of nitrogens with zero attached hydrogens (tertiary/aromatic N) is 1. The third-order valence-corrected chi connectivity index (χ3v) is 3.51. The molecular formula is C17H20FNO2. The SMILES string of the molecule is CCN(CC1CC1)C(=O)c1ccc(C#CCCO)cc1F. The maximum Gasteiger partial charge on any atom is 0.256 e. The molecule has 1 N–H and O–H groups in total. The normalized spacial score (nSPS) is 13.5. The van der Waals surface area contributed by atoms with Gasteiger partial charge in [0.15, 0.2) is 0 Å². The molecule has 0 aliphatic heterocycles. The number of halogens is 1. The van der Waals surface area contributed by atoms with Gasteiger partial charge in [-0.25, -0.2) is 4.39 Å². The number of carbonyl (C=O) groups is 1. The van der Waals surface area contributed by atoms with Gasteiger partial charge in [0.25, 0.3) is 5.91 Å². The Bertz CT molecular complexity index is 570. The molecule has 3 nitrogen and oxygen atoms in total. The molecule has 1 aliphatic rings. The summed E-state index contributed by atoms with van der Waals surface area (Å²) in [5.41, 5.74) is 0.618. The average Bonchev–Trinajstić information content (AvgIpc) is 3.28. The monoisotopic (exact) mass is 289 g/mol. The molecule has 1 aromatic rings. The van der Waals surface area contributed by atoms with E-state index >= 15 is 0 Å². The molecule has 0 bridgehead atoms. The summed E-state index contributed by atoms with van der Waals surface area (Å²) in [6.07, 6.45) is 2.67. The van der Waals surface area contributed by atoms with Crippen LogP contribution in [-0.2, 0) is 0 Å². The third-order valence-electron chi connectivity index (χ3n) is 3.51. The van der Waals surface area contributed by atoms with Gasteiger partial charge >= 0.3 is 0 Å². The lowest BCUT2D eigenvalue weighted by molar-refractivity contribution is 0.0752. The van der Waals surface area contributed by atoms with E-state index < -0.39 is 5.82 Å². The van der Waals surface area contributed by atoms with Crippen LogP contribution in [0.3, 0.4) is 0 Å². The molecule has 1 saturated carbocycles. The molecule has 1 fully saturated rings. The molecule has 0 aromatic heterocycles. The maximum absolute atomic E-state index is 14.1. The molecule has 4 heteroatoms. The summed E-state index contributed by atoms with van der Waals surface area (Å²) in [6, 6.07) is 4.42. The summed E-state index contributed by atoms with van der Waals surface area (Å²) < 4.78 is 14.1. The Kier molecular flexibility index (Phi) is 5.35. The molecule has 0 heterocycles. The first kappa shape index (κ1) is 15.5. The molecule has 0 atom stereocenters. The van der Waals surface area contributed by atoms with Crippen LogP contribution in [0.4, 0.5) is 4.39 Å². The zero-order chi connectivity index (χ0) is 15.2. The van der Waals surface area contributed by atoms with E-state index in [2.05, 4.69) is 11.8 Å². The Morgan fingerprint density at radius 3 is 2.81 bits per heavy atom. The number of rotatable bonds is 5. The van der Waals surface area contributed by atoms with Crippen LogP contribution >= 0.6 is 0 Å². The van der Waals surface area contributed by atoms with Crippen LogP contribution in [0.15, 0.2) is 18.2 Å². The van der Waals surface area contributed by atoms with E-state index in [1.54, 1.807) is 11.0 Å². The van der Waals surface area contributed by atoms with Crippen molar-refractivity contribution in [2.24, 2.45) is 5.92 Å². The predicted octanol–water partition coefficient (Wildman–Crippen LogP) is 2.43. The van der Waals surface area contributed by atoms with E-state index in [0.29, 0.717) is 31.0 Å². The molecule has 0 spiro atoms. The maximum atomic E-state index is 14.1. The van der Waals surface area contributed by atoms with Gasteiger partial charge in [-0.3, -0.25) is 4.79 Å². The minimum absolute atomic E-state index is 0.0152. The quantitative estimate of drug-likeness (QED) is 0.846. The summed E-state index contributed by atoms with van der Waals surface area (Å²) in [4.78, 5) is 14.1. The van der Waals surface area contributed by atoms with Crippen molar-refractivity contribution < 1.29 is 14.3 Å². The molecule has 21 heavy (non-hydrogen) atoms. The van der Waals surface area contributed by atoms with Crippen molar-refractivity contribution in [3.63, 3.8) is 0 Å². The highest BCUT2D eigenvalue weighted by Gasteiger charge is 2.27. The van der Waals surface area contributed by atoms with E-state index in [4.69, 9.17) is 5.11 Å². The second-order valence-corrected chi connectivity index (χ2v) is 5.26. The van der Waals surface area contributed by atoms with Crippen LogP contribution in [-0.4, -0.2) is 35.6 Å². The van der Waals surface area contributed by atoms with E-state index in [1.807, 2.05) is 6.92 Å². The lowest BCUT2D eigenvalue weighted by atomic mass is 10.1. The molecule has 0 unspecified atom stereocenters. The fourth-order valence-corrected chi connectivity index (χ4v) is 2.12. The van der Waals surface area contributed by atoms with Gasteiger partial charge in [0, 0.05) is 25.1 Å². The Morgan fingerprint density at radius 1 is 1.48 bits per heavy atom. The topological polar surface area (TPSA) is 40.5 Å². The Hall–Kier alpha value is -1.86. The number of aliphatic hydroxyl groups excluding tert-OH is 1. The van der Waals surface area contributed by atoms with Crippen molar-refractivity contribution in [2.45, 2.75) is 26.2 Å². The largest absolute Gasteiger partial charge is 0.395 e. The lowest BCUT2D eigenvalue weighted by Gasteiger charge is -2.21. The molecule has 0 radical (unpaired) electrons. The van der Waals surface area contributed by atoms with E-state index in [1.165, 1.54) is 12.1 Å². The van der Waals surface area contributed by atoms with Crippen LogP contribution < -0.4 is 0 Å². The second kappa shape index (κ2) is 7.24. The summed E-state index contributed by atoms with van der Waals surface area (Å²) in [5.74, 6) is 5.29. The highest BCUT2D eigenvalue weighted by molar-refractivity contribution is 5.94. The van der Waals surface area contributed by atoms with Crippen molar-refractivity contribution in [2.75, 3.05) is 19.7 Å². The second-order valence-electron chi connectivity index (χ2n) is 5.26. The highest BCUT2D eigenvalue weighted by atomic mass is 19.1. The Balaban J connectivity index is 2.11. The van der Waals surface area contributed by atoms with Crippen LogP contribution in [0.1, 0.15) is 42.1 Å². The first-order valence-electron chi connectivity index (χ1n) is 7.34. The highest BCUT2D eigenvalue weighted by Crippen LogP contribution is 2.30. The van der Waals surface area contributed by atoms with Crippen molar-refractivity contribution >= 4 is 5.91 Å². The fourth-order valence-electron chi connectivity index (χ4n) is 2.12. The van der Waals surface area contributed by atoms with Gasteiger partial charge in [0.2, 0.25) is 0 Å². The minimum Gasteiger partial charge on any atom is -0.395 e. The number of hydrogen-bond acceptors (Lipinski definition) is 2. The number of hydrogen-bond donors (Lipinski definition) is 1. The average molecular weight is 289 g/mol. The summed E-state index contributed by atoms with van der Waals surface area (Å²) in [6.45, 7) is 3.20. The fraction of sp³-hybridized carbons (Fsp3) is 0.471. The number of aliphatic hydroxyl groups is 1. The molecular weight excluding hydrogens is 269 g/mol. The van der Waals surface area contributed by atoms with Crippen LogP contribution in [0.5, 0.6) is 0 Å². The standard InChI is InChI=1S/C17H20FNO2/c1-2-19(12-14-6-7-14)17(21)15-9-8-13(11-16(15)18)5-3-4-10-20/h8-9,11,14,20H,2,4,6-7,10,12H2,1H3. The molecule has 1 amide bonds. The van der Waals surface area contributed by atoms with Crippen LogP contribution in [0, 0.1) is 23.6 Å². The van der Waals surface area contributed by atoms with E-state index in [0.717, 1.165) is 12.8 Å². The van der Waals surface area contributed by atoms with Gasteiger partial charge < -0.3 is 10.0 Å². The van der Waals surface area contributed by atoms with Gasteiger partial charge in [-0.2, -0.15) is 0 Å². The molecule has 0 saturated heterocycles. The van der Waals surface area contributed by atoms with Gasteiger partial charge in [0.05, 0.1) is 12.2 Å².